The molecule has 6 rings (SSSR count). The van der Waals surface area contributed by atoms with Gasteiger partial charge in [0.25, 0.3) is 5.95 Å². The molecule has 3 heterocycles. The Hall–Kier alpha value is -3.96. The zero-order valence-electron chi connectivity index (χ0n) is 17.0. The van der Waals surface area contributed by atoms with Gasteiger partial charge in [-0.3, -0.25) is 4.57 Å². The Bertz CT molecular complexity index is 1550. The molecule has 0 saturated heterocycles. The minimum absolute atomic E-state index is 0. The summed E-state index contributed by atoms with van der Waals surface area (Å²) >= 11 is 0. The molecule has 160 valence electrons. The van der Waals surface area contributed by atoms with E-state index in [0.29, 0.717) is 17.6 Å². The van der Waals surface area contributed by atoms with Crippen molar-refractivity contribution in [1.82, 2.24) is 29.9 Å². The van der Waals surface area contributed by atoms with Crippen molar-refractivity contribution in [3.63, 3.8) is 0 Å². The fourth-order valence-corrected chi connectivity index (χ4v) is 3.73. The van der Waals surface area contributed by atoms with Crippen LogP contribution in [0, 0.1) is 12.1 Å². The molecule has 0 amide bonds. The predicted octanol–water partition coefficient (Wildman–Crippen LogP) is 4.82. The molecule has 33 heavy (non-hydrogen) atoms. The maximum atomic E-state index is 5.85. The second-order valence-electron chi connectivity index (χ2n) is 7.03. The topological polar surface area (TPSA) is 78.6 Å². The van der Waals surface area contributed by atoms with Gasteiger partial charge in [-0.2, -0.15) is 24.3 Å². The number of ether oxygens (including phenoxy) is 1. The number of aromatic nitrogens is 6. The molecule has 0 aliphatic rings. The third-order valence-corrected chi connectivity index (χ3v) is 5.09. The summed E-state index contributed by atoms with van der Waals surface area (Å²) in [6.07, 6.45) is 3.00. The van der Waals surface area contributed by atoms with Gasteiger partial charge in [-0.25, -0.2) is 16.1 Å². The van der Waals surface area contributed by atoms with Gasteiger partial charge in [0.1, 0.15) is 0 Å². The van der Waals surface area contributed by atoms with Crippen LogP contribution in [0.2, 0.25) is 0 Å². The molecular formula is C25H14N6OPt. The number of hydrogen-bond acceptors (Lipinski definition) is 6. The van der Waals surface area contributed by atoms with Crippen molar-refractivity contribution in [2.75, 3.05) is 0 Å². The summed E-state index contributed by atoms with van der Waals surface area (Å²) in [7, 11) is 0. The summed E-state index contributed by atoms with van der Waals surface area (Å²) in [5.41, 5.74) is 3.51. The van der Waals surface area contributed by atoms with Crippen LogP contribution < -0.4 is 4.74 Å². The Morgan fingerprint density at radius 1 is 0.727 bits per heavy atom. The fraction of sp³-hybridized carbons (Fsp3) is 0. The van der Waals surface area contributed by atoms with E-state index < -0.39 is 0 Å². The molecule has 0 bridgehead atoms. The van der Waals surface area contributed by atoms with Gasteiger partial charge in [-0.05, 0) is 23.0 Å². The van der Waals surface area contributed by atoms with E-state index in [1.807, 2.05) is 59.2 Å². The molecule has 7 nitrogen and oxygen atoms in total. The Morgan fingerprint density at radius 2 is 1.55 bits per heavy atom. The number of para-hydroxylation sites is 1. The normalized spacial score (nSPS) is 10.8. The molecular weight excluding hydrogens is 595 g/mol. The number of nitrogens with zero attached hydrogens (tertiary/aromatic N) is 6. The van der Waals surface area contributed by atoms with E-state index in [9.17, 15) is 0 Å². The Morgan fingerprint density at radius 3 is 2.39 bits per heavy atom. The maximum Gasteiger partial charge on any atom is 2.00 e. The van der Waals surface area contributed by atoms with Crippen LogP contribution in [0.4, 0.5) is 0 Å². The van der Waals surface area contributed by atoms with Crippen LogP contribution in [0.5, 0.6) is 11.6 Å². The molecule has 0 spiro atoms. The average Bonchev–Trinajstić information content (AvgIpc) is 3.19. The van der Waals surface area contributed by atoms with E-state index in [-0.39, 0.29) is 21.1 Å². The summed E-state index contributed by atoms with van der Waals surface area (Å²) in [4.78, 5) is 4.21. The minimum Gasteiger partial charge on any atom is -0.460 e. The smallest absolute Gasteiger partial charge is 0.460 e. The minimum atomic E-state index is 0. The molecule has 3 aromatic carbocycles. The van der Waals surface area contributed by atoms with Gasteiger partial charge >= 0.3 is 21.1 Å². The zero-order chi connectivity index (χ0) is 21.3. The average molecular weight is 610 g/mol. The third-order valence-electron chi connectivity index (χ3n) is 5.09. The van der Waals surface area contributed by atoms with Crippen molar-refractivity contribution in [3.05, 3.63) is 97.5 Å². The third kappa shape index (κ3) is 3.88. The monoisotopic (exact) mass is 609 g/mol. The van der Waals surface area contributed by atoms with E-state index in [1.54, 1.807) is 12.3 Å². The first-order valence-corrected chi connectivity index (χ1v) is 9.95. The van der Waals surface area contributed by atoms with Crippen LogP contribution in [-0.2, 0) is 21.1 Å². The van der Waals surface area contributed by atoms with Crippen molar-refractivity contribution >= 4 is 21.8 Å². The Balaban J connectivity index is 0.00000228. The molecule has 0 N–H and O–H groups in total. The first kappa shape index (κ1) is 20.9. The van der Waals surface area contributed by atoms with Crippen molar-refractivity contribution in [2.45, 2.75) is 0 Å². The van der Waals surface area contributed by atoms with E-state index in [4.69, 9.17) is 4.74 Å². The Labute approximate surface area is 203 Å². The van der Waals surface area contributed by atoms with Gasteiger partial charge in [-0.1, -0.05) is 29.7 Å². The fourth-order valence-electron chi connectivity index (χ4n) is 3.73. The molecule has 0 fully saturated rings. The molecule has 0 aliphatic carbocycles. The van der Waals surface area contributed by atoms with Gasteiger partial charge < -0.3 is 4.74 Å². The molecule has 0 atom stereocenters. The van der Waals surface area contributed by atoms with Crippen molar-refractivity contribution < 1.29 is 25.8 Å². The van der Waals surface area contributed by atoms with Crippen LogP contribution in [0.15, 0.2) is 85.3 Å². The van der Waals surface area contributed by atoms with Crippen LogP contribution in [-0.4, -0.2) is 29.9 Å². The van der Waals surface area contributed by atoms with E-state index in [2.05, 4.69) is 49.6 Å². The van der Waals surface area contributed by atoms with Gasteiger partial charge in [0.2, 0.25) is 5.88 Å². The zero-order valence-corrected chi connectivity index (χ0v) is 19.3. The summed E-state index contributed by atoms with van der Waals surface area (Å²) < 4.78 is 7.77. The first-order chi connectivity index (χ1) is 15.9. The first-order valence-electron chi connectivity index (χ1n) is 9.95. The SMILES string of the molecule is [Pt+2].[c-]1c(Oc2ccccn2)cccc1-c1[c-]c2c(cc1)c1ccccc1n2-c1nncnn1. The summed E-state index contributed by atoms with van der Waals surface area (Å²) in [6, 6.07) is 30.3. The molecule has 8 heteroatoms. The molecule has 0 radical (unpaired) electrons. The number of benzene rings is 3. The van der Waals surface area contributed by atoms with E-state index >= 15 is 0 Å². The van der Waals surface area contributed by atoms with E-state index in [0.717, 1.165) is 32.9 Å². The van der Waals surface area contributed by atoms with Crippen molar-refractivity contribution in [1.29, 1.82) is 0 Å². The second kappa shape index (κ2) is 8.88. The van der Waals surface area contributed by atoms with Crippen LogP contribution >= 0.6 is 0 Å². The van der Waals surface area contributed by atoms with Crippen LogP contribution in [0.1, 0.15) is 0 Å². The Kier molecular flexibility index (Phi) is 5.63. The second-order valence-corrected chi connectivity index (χ2v) is 7.03. The van der Waals surface area contributed by atoms with Crippen LogP contribution in [0.3, 0.4) is 0 Å². The van der Waals surface area contributed by atoms with Gasteiger partial charge in [0.15, 0.2) is 6.33 Å². The predicted molar refractivity (Wildman–Crippen MR) is 119 cm³/mol. The standard InChI is InChI=1S/C25H14N6O.Pt/c1-2-9-22-20(8-1)21-12-11-18(15-23(21)31(22)25-29-27-16-28-30-25)17-6-5-7-19(14-17)32-24-10-3-4-13-26-24;/h1-13,16H;/q-2;+2. The molecule has 6 aromatic rings. The maximum absolute atomic E-state index is 5.85. The molecule has 0 aliphatic heterocycles. The number of fused-ring (bicyclic) bond motifs is 3. The quantitative estimate of drug-likeness (QED) is 0.267. The molecule has 3 aromatic heterocycles. The van der Waals surface area contributed by atoms with Gasteiger partial charge in [0, 0.05) is 23.5 Å². The van der Waals surface area contributed by atoms with Crippen LogP contribution in [0.25, 0.3) is 38.9 Å². The largest absolute Gasteiger partial charge is 2.00 e. The summed E-state index contributed by atoms with van der Waals surface area (Å²) in [5.74, 6) is 1.49. The number of pyridine rings is 1. The van der Waals surface area contributed by atoms with E-state index in [1.165, 1.54) is 6.33 Å². The number of rotatable bonds is 4. The van der Waals surface area contributed by atoms with Gasteiger partial charge in [0.05, 0.1) is 0 Å². The molecule has 0 unspecified atom stereocenters. The molecule has 0 saturated carbocycles. The number of hydrogen-bond donors (Lipinski definition) is 0. The van der Waals surface area contributed by atoms with Crippen molar-refractivity contribution in [2.24, 2.45) is 0 Å². The summed E-state index contributed by atoms with van der Waals surface area (Å²) in [6.45, 7) is 0. The van der Waals surface area contributed by atoms with Gasteiger partial charge in [-0.15, -0.1) is 38.6 Å². The summed E-state index contributed by atoms with van der Waals surface area (Å²) in [5, 5.41) is 18.3. The van der Waals surface area contributed by atoms with Crippen molar-refractivity contribution in [3.8, 4) is 28.7 Å².